The monoisotopic (exact) mass is 283 g/mol. The van der Waals surface area contributed by atoms with Gasteiger partial charge in [-0.25, -0.2) is 4.98 Å². The fourth-order valence-electron chi connectivity index (χ4n) is 1.48. The second-order valence-electron chi connectivity index (χ2n) is 4.97. The molecular weight excluding hydrogens is 258 g/mol. The van der Waals surface area contributed by atoms with E-state index < -0.39 is 0 Å². The smallest absolute Gasteiger partial charge is 0.191 e. The Balaban J connectivity index is 2.19. The molecule has 0 aromatic carbocycles. The van der Waals surface area contributed by atoms with Crippen LogP contribution in [0.5, 0.6) is 0 Å². The molecule has 6 heteroatoms. The lowest BCUT2D eigenvalue weighted by atomic mass is 10.2. The molecule has 2 N–H and O–H groups in total. The quantitative estimate of drug-likeness (QED) is 0.453. The molecule has 1 aromatic heterocycles. The number of nitrogens with one attached hydrogen (secondary N) is 2. The third-order valence-corrected chi connectivity index (χ3v) is 4.15. The van der Waals surface area contributed by atoms with Gasteiger partial charge in [0.2, 0.25) is 0 Å². The summed E-state index contributed by atoms with van der Waals surface area (Å²) >= 11 is 1.85. The van der Waals surface area contributed by atoms with Gasteiger partial charge in [-0.2, -0.15) is 11.8 Å². The van der Waals surface area contributed by atoms with E-state index in [1.807, 2.05) is 24.3 Å². The molecule has 1 heterocycles. The van der Waals surface area contributed by atoms with Crippen molar-refractivity contribution in [2.75, 3.05) is 26.4 Å². The molecular formula is C13H25N5S. The van der Waals surface area contributed by atoms with E-state index >= 15 is 0 Å². The molecule has 1 aromatic rings. The van der Waals surface area contributed by atoms with Crippen LogP contribution in [0.4, 0.5) is 0 Å². The summed E-state index contributed by atoms with van der Waals surface area (Å²) in [6, 6.07) is 0. The number of imidazole rings is 1. The maximum Gasteiger partial charge on any atom is 0.191 e. The summed E-state index contributed by atoms with van der Waals surface area (Å²) in [6.07, 6.45) is 8.80. The van der Waals surface area contributed by atoms with E-state index in [0.717, 1.165) is 32.0 Å². The Morgan fingerprint density at radius 1 is 1.42 bits per heavy atom. The van der Waals surface area contributed by atoms with Crippen molar-refractivity contribution in [3.8, 4) is 0 Å². The van der Waals surface area contributed by atoms with Gasteiger partial charge >= 0.3 is 0 Å². The lowest BCUT2D eigenvalue weighted by molar-refractivity contribution is 0.616. The average Bonchev–Trinajstić information content (AvgIpc) is 2.91. The molecule has 0 aliphatic carbocycles. The number of hydrogen-bond donors (Lipinski definition) is 2. The van der Waals surface area contributed by atoms with Gasteiger partial charge in [0.1, 0.15) is 0 Å². The fourth-order valence-corrected chi connectivity index (χ4v) is 1.69. The van der Waals surface area contributed by atoms with Crippen LogP contribution in [0.25, 0.3) is 0 Å². The van der Waals surface area contributed by atoms with Gasteiger partial charge in [0, 0.05) is 43.8 Å². The Morgan fingerprint density at radius 2 is 2.21 bits per heavy atom. The fraction of sp³-hybridized carbons (Fsp3) is 0.692. The van der Waals surface area contributed by atoms with Gasteiger partial charge in [-0.05, 0) is 26.5 Å². The number of rotatable bonds is 7. The molecule has 0 fully saturated rings. The van der Waals surface area contributed by atoms with Crippen molar-refractivity contribution in [3.05, 3.63) is 18.7 Å². The van der Waals surface area contributed by atoms with Crippen molar-refractivity contribution in [2.45, 2.75) is 31.6 Å². The van der Waals surface area contributed by atoms with Crippen molar-refractivity contribution in [1.82, 2.24) is 20.2 Å². The van der Waals surface area contributed by atoms with Gasteiger partial charge in [0.15, 0.2) is 5.96 Å². The van der Waals surface area contributed by atoms with Crippen LogP contribution in [0, 0.1) is 0 Å². The van der Waals surface area contributed by atoms with Gasteiger partial charge in [0.25, 0.3) is 0 Å². The van der Waals surface area contributed by atoms with Crippen LogP contribution in [0.3, 0.4) is 0 Å². The molecule has 0 aliphatic rings. The first-order chi connectivity index (χ1) is 9.07. The van der Waals surface area contributed by atoms with Crippen LogP contribution in [-0.4, -0.2) is 46.7 Å². The van der Waals surface area contributed by atoms with Crippen molar-refractivity contribution in [2.24, 2.45) is 4.99 Å². The summed E-state index contributed by atoms with van der Waals surface area (Å²) in [5.41, 5.74) is 0. The van der Waals surface area contributed by atoms with Crippen LogP contribution in [-0.2, 0) is 6.54 Å². The summed E-state index contributed by atoms with van der Waals surface area (Å²) in [4.78, 5) is 8.25. The van der Waals surface area contributed by atoms with Gasteiger partial charge in [-0.1, -0.05) is 0 Å². The molecule has 108 valence electrons. The van der Waals surface area contributed by atoms with Crippen molar-refractivity contribution in [1.29, 1.82) is 0 Å². The van der Waals surface area contributed by atoms with Gasteiger partial charge in [-0.15, -0.1) is 0 Å². The van der Waals surface area contributed by atoms with E-state index in [9.17, 15) is 0 Å². The minimum atomic E-state index is 0.217. The van der Waals surface area contributed by atoms with Gasteiger partial charge in [0.05, 0.1) is 6.33 Å². The number of aromatic nitrogens is 2. The zero-order valence-corrected chi connectivity index (χ0v) is 13.1. The normalized spacial score (nSPS) is 12.5. The molecule has 0 unspecified atom stereocenters. The number of guanidine groups is 1. The third kappa shape index (κ3) is 6.52. The number of aliphatic imine (C=N–C) groups is 1. The minimum absolute atomic E-state index is 0.217. The van der Waals surface area contributed by atoms with E-state index in [0.29, 0.717) is 0 Å². The molecule has 0 saturated carbocycles. The largest absolute Gasteiger partial charge is 0.356 e. The van der Waals surface area contributed by atoms with Crippen LogP contribution in [0.2, 0.25) is 0 Å². The summed E-state index contributed by atoms with van der Waals surface area (Å²) in [5.74, 6) is 0.868. The molecule has 1 rings (SSSR count). The SMILES string of the molecule is CN=C(NCCCn1ccnc1)NCC(C)(C)SC. The van der Waals surface area contributed by atoms with Crippen molar-refractivity contribution >= 4 is 17.7 Å². The Bertz CT molecular complexity index is 372. The molecule has 0 aliphatic heterocycles. The summed E-state index contributed by atoms with van der Waals surface area (Å²) in [6.45, 7) is 7.21. The first-order valence-corrected chi connectivity index (χ1v) is 7.75. The Morgan fingerprint density at radius 3 is 2.79 bits per heavy atom. The predicted molar refractivity (Wildman–Crippen MR) is 83.8 cm³/mol. The van der Waals surface area contributed by atoms with Crippen LogP contribution in [0.15, 0.2) is 23.7 Å². The van der Waals surface area contributed by atoms with E-state index in [2.05, 4.69) is 45.3 Å². The molecule has 0 saturated heterocycles. The maximum absolute atomic E-state index is 4.23. The molecule has 0 radical (unpaired) electrons. The number of hydrogen-bond acceptors (Lipinski definition) is 3. The van der Waals surface area contributed by atoms with E-state index in [1.54, 1.807) is 13.2 Å². The summed E-state index contributed by atoms with van der Waals surface area (Å²) < 4.78 is 2.29. The zero-order chi connectivity index (χ0) is 14.1. The van der Waals surface area contributed by atoms with E-state index in [4.69, 9.17) is 0 Å². The lowest BCUT2D eigenvalue weighted by Crippen LogP contribution is -2.43. The molecule has 0 bridgehead atoms. The van der Waals surface area contributed by atoms with Crippen molar-refractivity contribution < 1.29 is 0 Å². The maximum atomic E-state index is 4.23. The Labute approximate surface area is 120 Å². The number of aryl methyl sites for hydroxylation is 1. The molecule has 0 atom stereocenters. The number of nitrogens with zero attached hydrogens (tertiary/aromatic N) is 3. The third-order valence-electron chi connectivity index (χ3n) is 2.90. The first-order valence-electron chi connectivity index (χ1n) is 6.53. The zero-order valence-electron chi connectivity index (χ0n) is 12.3. The molecule has 19 heavy (non-hydrogen) atoms. The molecule has 0 spiro atoms. The van der Waals surface area contributed by atoms with Crippen LogP contribution in [0.1, 0.15) is 20.3 Å². The number of thioether (sulfide) groups is 1. The highest BCUT2D eigenvalue weighted by atomic mass is 32.2. The Kier molecular flexibility index (Phi) is 6.77. The van der Waals surface area contributed by atoms with E-state index in [1.165, 1.54) is 0 Å². The average molecular weight is 283 g/mol. The second-order valence-corrected chi connectivity index (χ2v) is 6.48. The van der Waals surface area contributed by atoms with E-state index in [-0.39, 0.29) is 4.75 Å². The minimum Gasteiger partial charge on any atom is -0.356 e. The second kappa shape index (κ2) is 8.09. The highest BCUT2D eigenvalue weighted by Gasteiger charge is 2.15. The Hall–Kier alpha value is -1.17. The van der Waals surface area contributed by atoms with Gasteiger partial charge < -0.3 is 15.2 Å². The summed E-state index contributed by atoms with van der Waals surface area (Å²) in [5, 5.41) is 6.68. The van der Waals surface area contributed by atoms with Gasteiger partial charge in [-0.3, -0.25) is 4.99 Å². The topological polar surface area (TPSA) is 54.2 Å². The highest BCUT2D eigenvalue weighted by molar-refractivity contribution is 7.99. The van der Waals surface area contributed by atoms with Crippen LogP contribution < -0.4 is 10.6 Å². The highest BCUT2D eigenvalue weighted by Crippen LogP contribution is 2.19. The van der Waals surface area contributed by atoms with Crippen LogP contribution >= 0.6 is 11.8 Å². The standard InChI is InChI=1S/C13H25N5S/c1-13(2,19-4)10-17-12(14-3)16-6-5-8-18-9-7-15-11-18/h7,9,11H,5-6,8,10H2,1-4H3,(H2,14,16,17). The molecule has 5 nitrogen and oxygen atoms in total. The molecule has 0 amide bonds. The summed E-state index contributed by atoms with van der Waals surface area (Å²) in [7, 11) is 1.80. The van der Waals surface area contributed by atoms with Crippen molar-refractivity contribution in [3.63, 3.8) is 0 Å². The lowest BCUT2D eigenvalue weighted by Gasteiger charge is -2.23. The predicted octanol–water partition coefficient (Wildman–Crippen LogP) is 1.58. The first kappa shape index (κ1) is 15.9.